The SMILES string of the molecule is CC[C@H](N)[C@@H](N)c1cc(F)cc(Br)c1. The summed E-state index contributed by atoms with van der Waals surface area (Å²) in [7, 11) is 0. The fourth-order valence-electron chi connectivity index (χ4n) is 1.27. The molecule has 1 aromatic rings. The minimum Gasteiger partial charge on any atom is -0.326 e. The minimum absolute atomic E-state index is 0.135. The maximum atomic E-state index is 13.0. The lowest BCUT2D eigenvalue weighted by molar-refractivity contribution is 0.527. The normalized spacial score (nSPS) is 15.2. The summed E-state index contributed by atoms with van der Waals surface area (Å²) in [5.74, 6) is -0.298. The molecule has 0 bridgehead atoms. The summed E-state index contributed by atoms with van der Waals surface area (Å²) in [5.41, 5.74) is 12.4. The Labute approximate surface area is 91.6 Å². The highest BCUT2D eigenvalue weighted by Crippen LogP contribution is 2.21. The van der Waals surface area contributed by atoms with E-state index in [-0.39, 0.29) is 17.9 Å². The zero-order valence-corrected chi connectivity index (χ0v) is 9.59. The van der Waals surface area contributed by atoms with E-state index < -0.39 is 0 Å². The Hall–Kier alpha value is -0.450. The van der Waals surface area contributed by atoms with Crippen molar-refractivity contribution in [1.29, 1.82) is 0 Å². The third-order valence-corrected chi connectivity index (χ3v) is 2.66. The fraction of sp³-hybridized carbons (Fsp3) is 0.400. The summed E-state index contributed by atoms with van der Waals surface area (Å²) in [5, 5.41) is 0. The van der Waals surface area contributed by atoms with E-state index in [0.717, 1.165) is 12.0 Å². The van der Waals surface area contributed by atoms with Crippen LogP contribution in [0, 0.1) is 5.82 Å². The number of hydrogen-bond acceptors (Lipinski definition) is 2. The molecular weight excluding hydrogens is 247 g/mol. The Balaban J connectivity index is 2.94. The first kappa shape index (κ1) is 11.6. The van der Waals surface area contributed by atoms with Crippen LogP contribution in [0.3, 0.4) is 0 Å². The highest BCUT2D eigenvalue weighted by molar-refractivity contribution is 9.10. The first-order valence-electron chi connectivity index (χ1n) is 4.51. The Morgan fingerprint density at radius 3 is 2.50 bits per heavy atom. The van der Waals surface area contributed by atoms with Crippen molar-refractivity contribution < 1.29 is 4.39 Å². The molecule has 0 amide bonds. The highest BCUT2D eigenvalue weighted by Gasteiger charge is 2.14. The molecule has 1 rings (SSSR count). The molecule has 4 N–H and O–H groups in total. The van der Waals surface area contributed by atoms with E-state index in [1.165, 1.54) is 12.1 Å². The summed E-state index contributed by atoms with van der Waals surface area (Å²) >= 11 is 3.22. The number of halogens is 2. The van der Waals surface area contributed by atoms with E-state index in [9.17, 15) is 4.39 Å². The van der Waals surface area contributed by atoms with Crippen LogP contribution in [0.2, 0.25) is 0 Å². The number of rotatable bonds is 3. The molecule has 2 nitrogen and oxygen atoms in total. The average Bonchev–Trinajstić information content (AvgIpc) is 2.14. The van der Waals surface area contributed by atoms with Gasteiger partial charge in [-0.1, -0.05) is 22.9 Å². The molecule has 0 aliphatic heterocycles. The fourth-order valence-corrected chi connectivity index (χ4v) is 1.75. The van der Waals surface area contributed by atoms with Gasteiger partial charge in [-0.05, 0) is 30.2 Å². The summed E-state index contributed by atoms with van der Waals surface area (Å²) in [4.78, 5) is 0. The van der Waals surface area contributed by atoms with Gasteiger partial charge in [0, 0.05) is 16.6 Å². The van der Waals surface area contributed by atoms with Crippen LogP contribution in [-0.2, 0) is 0 Å². The Morgan fingerprint density at radius 1 is 1.36 bits per heavy atom. The second-order valence-electron chi connectivity index (χ2n) is 3.30. The van der Waals surface area contributed by atoms with Crippen molar-refractivity contribution in [2.24, 2.45) is 11.5 Å². The lowest BCUT2D eigenvalue weighted by Gasteiger charge is -2.18. The number of benzene rings is 1. The van der Waals surface area contributed by atoms with Gasteiger partial charge in [0.1, 0.15) is 5.82 Å². The van der Waals surface area contributed by atoms with E-state index >= 15 is 0 Å². The third kappa shape index (κ3) is 2.77. The summed E-state index contributed by atoms with van der Waals surface area (Å²) in [6.45, 7) is 1.96. The summed E-state index contributed by atoms with van der Waals surface area (Å²) in [6.07, 6.45) is 0.773. The maximum absolute atomic E-state index is 13.0. The lowest BCUT2D eigenvalue weighted by atomic mass is 9.99. The molecule has 2 atom stereocenters. The van der Waals surface area contributed by atoms with Crippen molar-refractivity contribution in [3.63, 3.8) is 0 Å². The monoisotopic (exact) mass is 260 g/mol. The van der Waals surface area contributed by atoms with Gasteiger partial charge in [-0.2, -0.15) is 0 Å². The zero-order valence-electron chi connectivity index (χ0n) is 8.00. The molecule has 1 aromatic carbocycles. The van der Waals surface area contributed by atoms with Gasteiger partial charge in [-0.3, -0.25) is 0 Å². The number of nitrogens with two attached hydrogens (primary N) is 2. The van der Waals surface area contributed by atoms with Crippen molar-refractivity contribution in [1.82, 2.24) is 0 Å². The topological polar surface area (TPSA) is 52.0 Å². The molecule has 0 aliphatic carbocycles. The van der Waals surface area contributed by atoms with Crippen LogP contribution in [0.5, 0.6) is 0 Å². The largest absolute Gasteiger partial charge is 0.326 e. The highest BCUT2D eigenvalue weighted by atomic mass is 79.9. The molecule has 0 unspecified atom stereocenters. The Bertz CT molecular complexity index is 297. The molecule has 0 fully saturated rings. The molecule has 0 aromatic heterocycles. The van der Waals surface area contributed by atoms with Gasteiger partial charge >= 0.3 is 0 Å². The van der Waals surface area contributed by atoms with Crippen molar-refractivity contribution in [2.75, 3.05) is 0 Å². The van der Waals surface area contributed by atoms with E-state index in [0.29, 0.717) is 4.47 Å². The predicted molar refractivity (Wildman–Crippen MR) is 59.3 cm³/mol. The zero-order chi connectivity index (χ0) is 10.7. The molecule has 0 heterocycles. The standard InChI is InChI=1S/C10H14BrFN2/c1-2-9(13)10(14)6-3-7(11)5-8(12)4-6/h3-5,9-10H,2,13-14H2,1H3/t9-,10-/m0/s1. The lowest BCUT2D eigenvalue weighted by Crippen LogP contribution is -2.33. The van der Waals surface area contributed by atoms with Crippen molar-refractivity contribution >= 4 is 15.9 Å². The molecule has 4 heteroatoms. The van der Waals surface area contributed by atoms with Gasteiger partial charge in [0.15, 0.2) is 0 Å². The van der Waals surface area contributed by atoms with Crippen LogP contribution in [0.1, 0.15) is 24.9 Å². The summed E-state index contributed by atoms with van der Waals surface area (Å²) in [6, 6.07) is 4.16. The predicted octanol–water partition coefficient (Wildman–Crippen LogP) is 2.33. The quantitative estimate of drug-likeness (QED) is 0.877. The van der Waals surface area contributed by atoms with E-state index in [1.807, 2.05) is 6.92 Å². The second-order valence-corrected chi connectivity index (χ2v) is 4.22. The number of hydrogen-bond donors (Lipinski definition) is 2. The minimum atomic E-state index is -0.313. The second kappa shape index (κ2) is 4.87. The van der Waals surface area contributed by atoms with Crippen LogP contribution >= 0.6 is 15.9 Å². The van der Waals surface area contributed by atoms with Crippen LogP contribution in [0.25, 0.3) is 0 Å². The van der Waals surface area contributed by atoms with Crippen LogP contribution in [0.4, 0.5) is 4.39 Å². The van der Waals surface area contributed by atoms with Crippen molar-refractivity contribution in [2.45, 2.75) is 25.4 Å². The van der Waals surface area contributed by atoms with Crippen molar-refractivity contribution in [3.05, 3.63) is 34.1 Å². The van der Waals surface area contributed by atoms with Gasteiger partial charge in [-0.15, -0.1) is 0 Å². The first-order chi connectivity index (χ1) is 6.54. The van der Waals surface area contributed by atoms with Gasteiger partial charge in [0.05, 0.1) is 0 Å². The van der Waals surface area contributed by atoms with Gasteiger partial charge in [0.25, 0.3) is 0 Å². The molecule has 0 saturated carbocycles. The van der Waals surface area contributed by atoms with Gasteiger partial charge in [0.2, 0.25) is 0 Å². The smallest absolute Gasteiger partial charge is 0.124 e. The third-order valence-electron chi connectivity index (χ3n) is 2.20. The molecule has 14 heavy (non-hydrogen) atoms. The van der Waals surface area contributed by atoms with E-state index in [2.05, 4.69) is 15.9 Å². The molecule has 0 spiro atoms. The average molecular weight is 261 g/mol. The molecular formula is C10H14BrFN2. The molecule has 78 valence electrons. The van der Waals surface area contributed by atoms with Gasteiger partial charge in [-0.25, -0.2) is 4.39 Å². The Morgan fingerprint density at radius 2 is 2.00 bits per heavy atom. The molecule has 0 saturated heterocycles. The Kier molecular flexibility index (Phi) is 4.04. The van der Waals surface area contributed by atoms with Crippen LogP contribution < -0.4 is 11.5 Å². The summed E-state index contributed by atoms with van der Waals surface area (Å²) < 4.78 is 13.7. The van der Waals surface area contributed by atoms with Crippen LogP contribution in [-0.4, -0.2) is 6.04 Å². The van der Waals surface area contributed by atoms with Crippen molar-refractivity contribution in [3.8, 4) is 0 Å². The van der Waals surface area contributed by atoms with E-state index in [4.69, 9.17) is 11.5 Å². The molecule has 0 aliphatic rings. The molecule has 0 radical (unpaired) electrons. The van der Waals surface area contributed by atoms with E-state index in [1.54, 1.807) is 6.07 Å². The van der Waals surface area contributed by atoms with Crippen LogP contribution in [0.15, 0.2) is 22.7 Å². The maximum Gasteiger partial charge on any atom is 0.124 e. The van der Waals surface area contributed by atoms with Gasteiger partial charge < -0.3 is 11.5 Å². The first-order valence-corrected chi connectivity index (χ1v) is 5.31.